The number of thiazole rings is 1. The van der Waals surface area contributed by atoms with E-state index >= 15 is 0 Å². The lowest BCUT2D eigenvalue weighted by atomic mass is 10.1. The summed E-state index contributed by atoms with van der Waals surface area (Å²) in [5.74, 6) is -1.81. The molecule has 0 spiro atoms. The first-order valence-corrected chi connectivity index (χ1v) is 7.34. The topological polar surface area (TPSA) is 94.6 Å². The molecule has 8 heteroatoms. The molecule has 0 unspecified atom stereocenters. The summed E-state index contributed by atoms with van der Waals surface area (Å²) in [6.07, 6.45) is -0.00318. The second kappa shape index (κ2) is 7.16. The van der Waals surface area contributed by atoms with E-state index in [9.17, 15) is 14.4 Å². The number of carbonyl (C=O) groups is 3. The van der Waals surface area contributed by atoms with Crippen molar-refractivity contribution in [1.82, 2.24) is 4.98 Å². The van der Waals surface area contributed by atoms with Crippen molar-refractivity contribution in [2.24, 2.45) is 0 Å². The molecule has 0 bridgehead atoms. The predicted octanol–water partition coefficient (Wildman–Crippen LogP) is 2.63. The summed E-state index contributed by atoms with van der Waals surface area (Å²) in [7, 11) is 0. The van der Waals surface area contributed by atoms with Crippen molar-refractivity contribution in [3.8, 4) is 0 Å². The molecule has 0 aliphatic rings. The van der Waals surface area contributed by atoms with Gasteiger partial charge in [-0.1, -0.05) is 6.92 Å². The van der Waals surface area contributed by atoms with Gasteiger partial charge in [0.15, 0.2) is 5.13 Å². The second-order valence-electron chi connectivity index (χ2n) is 4.72. The Balaban J connectivity index is 2.66. The molecular weight excluding hydrogens is 296 g/mol. The molecule has 0 atom stereocenters. The molecule has 0 aliphatic carbocycles. The van der Waals surface area contributed by atoms with Crippen LogP contribution in [0.15, 0.2) is 5.38 Å². The number of Topliss-reactive ketones (excluding diaryl/α,β-unsaturated/α-hetero) is 1. The molecule has 1 amide bonds. The van der Waals surface area contributed by atoms with Crippen molar-refractivity contribution < 1.29 is 23.9 Å². The van der Waals surface area contributed by atoms with Gasteiger partial charge in [-0.2, -0.15) is 0 Å². The van der Waals surface area contributed by atoms with Crippen LogP contribution in [0.4, 0.5) is 9.93 Å². The number of rotatable bonds is 6. The van der Waals surface area contributed by atoms with Crippen LogP contribution < -0.4 is 5.32 Å². The van der Waals surface area contributed by atoms with Crippen molar-refractivity contribution in [3.05, 3.63) is 11.1 Å². The Kier molecular flexibility index (Phi) is 5.83. The summed E-state index contributed by atoms with van der Waals surface area (Å²) in [5, 5.41) is 3.98. The van der Waals surface area contributed by atoms with E-state index in [1.165, 1.54) is 5.38 Å². The van der Waals surface area contributed by atoms with E-state index in [-0.39, 0.29) is 17.4 Å². The number of aromatic nitrogens is 1. The van der Waals surface area contributed by atoms with Gasteiger partial charge in [0.2, 0.25) is 0 Å². The standard InChI is InChI=1S/C13H18N2O5S/c1-5-13(3,4)20-12(18)15-11-14-8(7-21-11)9(16)10(17)19-6-2/h7H,5-6H2,1-4H3,(H,14,15,18). The van der Waals surface area contributed by atoms with Crippen LogP contribution >= 0.6 is 11.3 Å². The molecule has 0 saturated carbocycles. The van der Waals surface area contributed by atoms with E-state index in [0.29, 0.717) is 6.42 Å². The minimum absolute atomic E-state index is 0.0662. The van der Waals surface area contributed by atoms with Gasteiger partial charge in [0.05, 0.1) is 6.61 Å². The Bertz CT molecular complexity index is 538. The molecule has 0 aromatic carbocycles. The number of esters is 1. The minimum atomic E-state index is -0.968. The van der Waals surface area contributed by atoms with Crippen LogP contribution in [0.3, 0.4) is 0 Å². The molecular formula is C13H18N2O5S. The van der Waals surface area contributed by atoms with Crippen molar-refractivity contribution in [1.29, 1.82) is 0 Å². The highest BCUT2D eigenvalue weighted by molar-refractivity contribution is 7.14. The summed E-state index contributed by atoms with van der Waals surface area (Å²) >= 11 is 1.02. The highest BCUT2D eigenvalue weighted by Gasteiger charge is 2.23. The Morgan fingerprint density at radius 3 is 2.57 bits per heavy atom. The second-order valence-corrected chi connectivity index (χ2v) is 5.57. The van der Waals surface area contributed by atoms with Gasteiger partial charge in [0, 0.05) is 5.38 Å². The number of nitrogens with one attached hydrogen (secondary N) is 1. The quantitative estimate of drug-likeness (QED) is 0.493. The zero-order chi connectivity index (χ0) is 16.0. The normalized spacial score (nSPS) is 10.9. The van der Waals surface area contributed by atoms with E-state index in [1.807, 2.05) is 6.92 Å². The molecule has 116 valence electrons. The van der Waals surface area contributed by atoms with E-state index in [1.54, 1.807) is 20.8 Å². The van der Waals surface area contributed by atoms with Gasteiger partial charge in [-0.15, -0.1) is 11.3 Å². The SMILES string of the molecule is CCOC(=O)C(=O)c1csc(NC(=O)OC(C)(C)CC)n1. The summed E-state index contributed by atoms with van der Waals surface area (Å²) in [6.45, 7) is 7.17. The molecule has 0 radical (unpaired) electrons. The average Bonchev–Trinajstić information content (AvgIpc) is 2.85. The Labute approximate surface area is 126 Å². The molecule has 1 N–H and O–H groups in total. The van der Waals surface area contributed by atoms with Crippen LogP contribution in [0, 0.1) is 0 Å². The molecule has 0 saturated heterocycles. The first kappa shape index (κ1) is 17.1. The fourth-order valence-electron chi connectivity index (χ4n) is 1.17. The summed E-state index contributed by atoms with van der Waals surface area (Å²) in [4.78, 5) is 38.4. The van der Waals surface area contributed by atoms with E-state index in [4.69, 9.17) is 4.74 Å². The zero-order valence-electron chi connectivity index (χ0n) is 12.4. The van der Waals surface area contributed by atoms with Crippen LogP contribution in [-0.2, 0) is 14.3 Å². The van der Waals surface area contributed by atoms with Gasteiger partial charge in [0.1, 0.15) is 11.3 Å². The lowest BCUT2D eigenvalue weighted by Gasteiger charge is -2.22. The van der Waals surface area contributed by atoms with Gasteiger partial charge in [-0.3, -0.25) is 10.1 Å². The van der Waals surface area contributed by atoms with Gasteiger partial charge < -0.3 is 9.47 Å². The fraction of sp³-hybridized carbons (Fsp3) is 0.538. The van der Waals surface area contributed by atoms with Crippen molar-refractivity contribution in [3.63, 3.8) is 0 Å². The molecule has 21 heavy (non-hydrogen) atoms. The number of anilines is 1. The largest absolute Gasteiger partial charge is 0.460 e. The zero-order valence-corrected chi connectivity index (χ0v) is 13.2. The number of carbonyl (C=O) groups excluding carboxylic acids is 3. The Hall–Kier alpha value is -1.96. The highest BCUT2D eigenvalue weighted by Crippen LogP contribution is 2.19. The van der Waals surface area contributed by atoms with Crippen LogP contribution in [0.5, 0.6) is 0 Å². The monoisotopic (exact) mass is 314 g/mol. The third kappa shape index (κ3) is 5.14. The summed E-state index contributed by atoms with van der Waals surface area (Å²) in [5.41, 5.74) is -0.659. The van der Waals surface area contributed by atoms with Gasteiger partial charge in [0.25, 0.3) is 5.78 Å². The van der Waals surface area contributed by atoms with E-state index < -0.39 is 23.4 Å². The van der Waals surface area contributed by atoms with Crippen molar-refractivity contribution in [2.45, 2.75) is 39.7 Å². The lowest BCUT2D eigenvalue weighted by Crippen LogP contribution is -2.29. The molecule has 1 aromatic rings. The summed E-state index contributed by atoms with van der Waals surface area (Å²) in [6, 6.07) is 0. The van der Waals surface area contributed by atoms with Crippen molar-refractivity contribution in [2.75, 3.05) is 11.9 Å². The average molecular weight is 314 g/mol. The maximum absolute atomic E-state index is 11.7. The number of ether oxygens (including phenoxy) is 2. The lowest BCUT2D eigenvalue weighted by molar-refractivity contribution is -0.137. The Morgan fingerprint density at radius 1 is 1.33 bits per heavy atom. The maximum atomic E-state index is 11.7. The number of amides is 1. The van der Waals surface area contributed by atoms with Crippen LogP contribution in [0.2, 0.25) is 0 Å². The smallest absolute Gasteiger partial charge is 0.413 e. The minimum Gasteiger partial charge on any atom is -0.460 e. The predicted molar refractivity (Wildman–Crippen MR) is 77.6 cm³/mol. The van der Waals surface area contributed by atoms with E-state index in [2.05, 4.69) is 15.0 Å². The molecule has 1 heterocycles. The van der Waals surface area contributed by atoms with Crippen LogP contribution in [0.1, 0.15) is 44.6 Å². The molecule has 0 fully saturated rings. The summed E-state index contributed by atoms with van der Waals surface area (Å²) < 4.78 is 9.78. The van der Waals surface area contributed by atoms with Gasteiger partial charge >= 0.3 is 12.1 Å². The third-order valence-electron chi connectivity index (χ3n) is 2.63. The number of ketones is 1. The first-order valence-electron chi connectivity index (χ1n) is 6.46. The first-order chi connectivity index (χ1) is 9.79. The highest BCUT2D eigenvalue weighted by atomic mass is 32.1. The van der Waals surface area contributed by atoms with Crippen LogP contribution in [0.25, 0.3) is 0 Å². The number of hydrogen-bond donors (Lipinski definition) is 1. The molecule has 7 nitrogen and oxygen atoms in total. The van der Waals surface area contributed by atoms with Gasteiger partial charge in [-0.25, -0.2) is 14.6 Å². The van der Waals surface area contributed by atoms with Gasteiger partial charge in [-0.05, 0) is 27.2 Å². The third-order valence-corrected chi connectivity index (χ3v) is 3.38. The van der Waals surface area contributed by atoms with Crippen molar-refractivity contribution >= 4 is 34.3 Å². The Morgan fingerprint density at radius 2 is 2.00 bits per heavy atom. The number of hydrogen-bond acceptors (Lipinski definition) is 7. The molecule has 0 aliphatic heterocycles. The fourth-order valence-corrected chi connectivity index (χ4v) is 1.85. The van der Waals surface area contributed by atoms with Crippen LogP contribution in [-0.4, -0.2) is 35.0 Å². The van der Waals surface area contributed by atoms with E-state index in [0.717, 1.165) is 11.3 Å². The molecule has 1 aromatic heterocycles. The number of nitrogens with zero attached hydrogens (tertiary/aromatic N) is 1. The maximum Gasteiger partial charge on any atom is 0.413 e. The molecule has 1 rings (SSSR count).